The smallest absolute Gasteiger partial charge is 0.234 e. The highest BCUT2D eigenvalue weighted by Gasteiger charge is 2.09. The van der Waals surface area contributed by atoms with E-state index in [0.29, 0.717) is 6.54 Å². The van der Waals surface area contributed by atoms with Crippen LogP contribution in [0.4, 0.5) is 0 Å². The number of nitrogens with one attached hydrogen (secondary N) is 2. The minimum absolute atomic E-state index is 0.0475. The van der Waals surface area contributed by atoms with E-state index in [1.807, 2.05) is 38.1 Å². The lowest BCUT2D eigenvalue weighted by Gasteiger charge is -2.17. The standard InChI is InChI=1S/C16H26N2O2/c1-5-6-12(2)18-16(19)11-17-13(3)14-7-9-15(20-4)10-8-14/h7-10,12-13,17H,5-6,11H2,1-4H3,(H,18,19)/t12?,13-/m1/s1. The van der Waals surface area contributed by atoms with Gasteiger partial charge in [0, 0.05) is 12.1 Å². The fourth-order valence-electron chi connectivity index (χ4n) is 2.09. The summed E-state index contributed by atoms with van der Waals surface area (Å²) in [5, 5.41) is 6.22. The van der Waals surface area contributed by atoms with Crippen molar-refractivity contribution >= 4 is 5.91 Å². The summed E-state index contributed by atoms with van der Waals surface area (Å²) in [4.78, 5) is 11.8. The lowest BCUT2D eigenvalue weighted by molar-refractivity contribution is -0.121. The van der Waals surface area contributed by atoms with Gasteiger partial charge in [0.1, 0.15) is 5.75 Å². The summed E-state index contributed by atoms with van der Waals surface area (Å²) in [5.74, 6) is 0.887. The molecular weight excluding hydrogens is 252 g/mol. The van der Waals surface area contributed by atoms with E-state index < -0.39 is 0 Å². The molecule has 0 saturated heterocycles. The van der Waals surface area contributed by atoms with Gasteiger partial charge in [-0.15, -0.1) is 0 Å². The van der Waals surface area contributed by atoms with Crippen molar-refractivity contribution in [1.29, 1.82) is 0 Å². The summed E-state index contributed by atoms with van der Waals surface area (Å²) in [7, 11) is 1.65. The van der Waals surface area contributed by atoms with E-state index in [-0.39, 0.29) is 18.0 Å². The number of hydrogen-bond acceptors (Lipinski definition) is 3. The summed E-state index contributed by atoms with van der Waals surface area (Å²) in [6, 6.07) is 8.24. The van der Waals surface area contributed by atoms with Crippen LogP contribution in [0, 0.1) is 0 Å². The second-order valence-electron chi connectivity index (χ2n) is 5.13. The number of carbonyl (C=O) groups excluding carboxylic acids is 1. The van der Waals surface area contributed by atoms with E-state index in [1.165, 1.54) is 0 Å². The largest absolute Gasteiger partial charge is 0.497 e. The van der Waals surface area contributed by atoms with Gasteiger partial charge in [0.2, 0.25) is 5.91 Å². The molecule has 0 aliphatic heterocycles. The van der Waals surface area contributed by atoms with Gasteiger partial charge in [0.25, 0.3) is 0 Å². The Balaban J connectivity index is 2.38. The molecule has 4 heteroatoms. The Hall–Kier alpha value is -1.55. The zero-order chi connectivity index (χ0) is 15.0. The van der Waals surface area contributed by atoms with Crippen molar-refractivity contribution in [2.24, 2.45) is 0 Å². The van der Waals surface area contributed by atoms with Crippen LogP contribution in [0.5, 0.6) is 5.75 Å². The molecule has 1 rings (SSSR count). The quantitative estimate of drug-likeness (QED) is 0.768. The van der Waals surface area contributed by atoms with Gasteiger partial charge in [-0.2, -0.15) is 0 Å². The molecule has 1 aromatic rings. The fourth-order valence-corrected chi connectivity index (χ4v) is 2.09. The molecule has 4 nitrogen and oxygen atoms in total. The van der Waals surface area contributed by atoms with Gasteiger partial charge in [0.05, 0.1) is 13.7 Å². The Morgan fingerprint density at radius 2 is 1.90 bits per heavy atom. The Morgan fingerprint density at radius 1 is 1.25 bits per heavy atom. The van der Waals surface area contributed by atoms with Gasteiger partial charge in [-0.1, -0.05) is 25.5 Å². The highest BCUT2D eigenvalue weighted by molar-refractivity contribution is 5.78. The molecule has 0 heterocycles. The average molecular weight is 278 g/mol. The van der Waals surface area contributed by atoms with E-state index in [9.17, 15) is 4.79 Å². The van der Waals surface area contributed by atoms with Gasteiger partial charge >= 0.3 is 0 Å². The summed E-state index contributed by atoms with van der Waals surface area (Å²) in [6.45, 7) is 6.53. The van der Waals surface area contributed by atoms with Crippen LogP contribution in [0.15, 0.2) is 24.3 Å². The zero-order valence-electron chi connectivity index (χ0n) is 12.9. The summed E-state index contributed by atoms with van der Waals surface area (Å²) >= 11 is 0. The molecule has 0 saturated carbocycles. The second kappa shape index (κ2) is 8.59. The first-order chi connectivity index (χ1) is 9.56. The first-order valence-electron chi connectivity index (χ1n) is 7.23. The normalized spacial score (nSPS) is 13.6. The van der Waals surface area contributed by atoms with Crippen LogP contribution in [0.25, 0.3) is 0 Å². The van der Waals surface area contributed by atoms with Gasteiger partial charge in [-0.05, 0) is 38.0 Å². The van der Waals surface area contributed by atoms with Crippen molar-refractivity contribution in [2.45, 2.75) is 45.7 Å². The monoisotopic (exact) mass is 278 g/mol. The molecule has 2 N–H and O–H groups in total. The van der Waals surface area contributed by atoms with Crippen LogP contribution in [0.1, 0.15) is 45.2 Å². The lowest BCUT2D eigenvalue weighted by atomic mass is 10.1. The van der Waals surface area contributed by atoms with Crippen LogP contribution in [-0.4, -0.2) is 25.6 Å². The Kier molecular flexibility index (Phi) is 7.09. The molecule has 1 unspecified atom stereocenters. The molecule has 0 radical (unpaired) electrons. The average Bonchev–Trinajstić information content (AvgIpc) is 2.45. The Bertz CT molecular complexity index is 403. The number of rotatable bonds is 8. The number of carbonyl (C=O) groups is 1. The van der Waals surface area contributed by atoms with E-state index in [4.69, 9.17) is 4.74 Å². The van der Waals surface area contributed by atoms with Crippen molar-refractivity contribution in [1.82, 2.24) is 10.6 Å². The molecular formula is C16H26N2O2. The third-order valence-electron chi connectivity index (χ3n) is 3.31. The number of ether oxygens (including phenoxy) is 1. The van der Waals surface area contributed by atoms with E-state index >= 15 is 0 Å². The first kappa shape index (κ1) is 16.5. The Morgan fingerprint density at radius 3 is 2.45 bits per heavy atom. The van der Waals surface area contributed by atoms with Crippen LogP contribution in [-0.2, 0) is 4.79 Å². The highest BCUT2D eigenvalue weighted by atomic mass is 16.5. The molecule has 1 amide bonds. The van der Waals surface area contributed by atoms with Crippen molar-refractivity contribution in [3.8, 4) is 5.75 Å². The molecule has 0 aliphatic rings. The summed E-state index contributed by atoms with van der Waals surface area (Å²) < 4.78 is 5.13. The van der Waals surface area contributed by atoms with Crippen molar-refractivity contribution in [3.05, 3.63) is 29.8 Å². The molecule has 20 heavy (non-hydrogen) atoms. The Labute approximate surface area is 121 Å². The van der Waals surface area contributed by atoms with Crippen molar-refractivity contribution < 1.29 is 9.53 Å². The van der Waals surface area contributed by atoms with Crippen molar-refractivity contribution in [3.63, 3.8) is 0 Å². The summed E-state index contributed by atoms with van der Waals surface area (Å²) in [5.41, 5.74) is 1.14. The number of methoxy groups -OCH3 is 1. The lowest BCUT2D eigenvalue weighted by Crippen LogP contribution is -2.39. The predicted molar refractivity (Wildman–Crippen MR) is 81.9 cm³/mol. The number of benzene rings is 1. The third-order valence-corrected chi connectivity index (χ3v) is 3.31. The fraction of sp³-hybridized carbons (Fsp3) is 0.562. The molecule has 112 valence electrons. The minimum atomic E-state index is 0.0475. The predicted octanol–water partition coefficient (Wildman–Crippen LogP) is 2.65. The first-order valence-corrected chi connectivity index (χ1v) is 7.23. The molecule has 1 aromatic carbocycles. The zero-order valence-corrected chi connectivity index (χ0v) is 12.9. The number of hydrogen-bond donors (Lipinski definition) is 2. The topological polar surface area (TPSA) is 50.4 Å². The van der Waals surface area contributed by atoms with Gasteiger partial charge in [0.15, 0.2) is 0 Å². The highest BCUT2D eigenvalue weighted by Crippen LogP contribution is 2.16. The van der Waals surface area contributed by atoms with Gasteiger partial charge in [-0.3, -0.25) is 4.79 Å². The maximum absolute atomic E-state index is 11.8. The second-order valence-corrected chi connectivity index (χ2v) is 5.13. The van der Waals surface area contributed by atoms with Crippen LogP contribution < -0.4 is 15.4 Å². The molecule has 0 fully saturated rings. The third kappa shape index (κ3) is 5.61. The molecule has 0 bridgehead atoms. The van der Waals surface area contributed by atoms with Crippen LogP contribution in [0.2, 0.25) is 0 Å². The number of amides is 1. The molecule has 0 spiro atoms. The maximum atomic E-state index is 11.8. The SMILES string of the molecule is CCCC(C)NC(=O)CN[C@H](C)c1ccc(OC)cc1. The van der Waals surface area contributed by atoms with E-state index in [1.54, 1.807) is 7.11 Å². The molecule has 2 atom stereocenters. The van der Waals surface area contributed by atoms with E-state index in [0.717, 1.165) is 24.2 Å². The van der Waals surface area contributed by atoms with E-state index in [2.05, 4.69) is 17.6 Å². The van der Waals surface area contributed by atoms with Crippen LogP contribution in [0.3, 0.4) is 0 Å². The van der Waals surface area contributed by atoms with Gasteiger partial charge in [-0.25, -0.2) is 0 Å². The molecule has 0 aromatic heterocycles. The van der Waals surface area contributed by atoms with Gasteiger partial charge < -0.3 is 15.4 Å². The van der Waals surface area contributed by atoms with Crippen molar-refractivity contribution in [2.75, 3.05) is 13.7 Å². The maximum Gasteiger partial charge on any atom is 0.234 e. The summed E-state index contributed by atoms with van der Waals surface area (Å²) in [6.07, 6.45) is 2.09. The molecule has 0 aliphatic carbocycles. The van der Waals surface area contributed by atoms with Crippen LogP contribution >= 0.6 is 0 Å². The minimum Gasteiger partial charge on any atom is -0.497 e.